The predicted molar refractivity (Wildman–Crippen MR) is 80.1 cm³/mol. The second-order valence-electron chi connectivity index (χ2n) is 4.71. The molecule has 0 bridgehead atoms. The second kappa shape index (κ2) is 6.71. The number of pyridine rings is 1. The van der Waals surface area contributed by atoms with Gasteiger partial charge >= 0.3 is 5.97 Å². The summed E-state index contributed by atoms with van der Waals surface area (Å²) in [6.07, 6.45) is 2.15. The molecule has 22 heavy (non-hydrogen) atoms. The van der Waals surface area contributed by atoms with Crippen LogP contribution in [0.2, 0.25) is 0 Å². The van der Waals surface area contributed by atoms with E-state index in [1.807, 2.05) is 24.3 Å². The van der Waals surface area contributed by atoms with Gasteiger partial charge in [-0.05, 0) is 36.1 Å². The lowest BCUT2D eigenvalue weighted by Crippen LogP contribution is -2.17. The number of rotatable bonds is 6. The van der Waals surface area contributed by atoms with Crippen molar-refractivity contribution in [1.82, 2.24) is 4.98 Å². The number of para-hydroxylation sites is 1. The van der Waals surface area contributed by atoms with Crippen molar-refractivity contribution in [2.24, 2.45) is 5.73 Å². The third kappa shape index (κ3) is 3.41. The topological polar surface area (TPSA) is 103 Å². The predicted octanol–water partition coefficient (Wildman–Crippen LogP) is 1.67. The summed E-state index contributed by atoms with van der Waals surface area (Å²) < 4.78 is 5.27. The average Bonchev–Trinajstić information content (AvgIpc) is 2.52. The Labute approximate surface area is 127 Å². The first-order valence-corrected chi connectivity index (χ1v) is 6.67. The Bertz CT molecular complexity index is 713. The number of aromatic nitrogens is 1. The van der Waals surface area contributed by atoms with Gasteiger partial charge in [-0.25, -0.2) is 9.78 Å². The van der Waals surface area contributed by atoms with Gasteiger partial charge in [-0.3, -0.25) is 4.79 Å². The minimum absolute atomic E-state index is 0.0278. The lowest BCUT2D eigenvalue weighted by molar-refractivity contribution is 0.0695. The van der Waals surface area contributed by atoms with Crippen LogP contribution in [-0.4, -0.2) is 29.1 Å². The number of carboxylic acid groups (broad SMARTS) is 1. The van der Waals surface area contributed by atoms with Gasteiger partial charge in [-0.1, -0.05) is 18.2 Å². The SMILES string of the molecule is COc1ccccc1CCc1cc(C(=O)O)cnc1C(N)=O. The fraction of sp³-hybridized carbons (Fsp3) is 0.188. The van der Waals surface area contributed by atoms with E-state index in [-0.39, 0.29) is 11.3 Å². The first-order valence-electron chi connectivity index (χ1n) is 6.67. The van der Waals surface area contributed by atoms with Crippen molar-refractivity contribution in [1.29, 1.82) is 0 Å². The number of nitrogens with zero attached hydrogens (tertiary/aromatic N) is 1. The molecule has 1 amide bonds. The Kier molecular flexibility index (Phi) is 4.73. The van der Waals surface area contributed by atoms with Crippen molar-refractivity contribution < 1.29 is 19.4 Å². The van der Waals surface area contributed by atoms with Crippen LogP contribution < -0.4 is 10.5 Å². The molecule has 6 heteroatoms. The van der Waals surface area contributed by atoms with Crippen LogP contribution in [0, 0.1) is 0 Å². The summed E-state index contributed by atoms with van der Waals surface area (Å²) in [6, 6.07) is 8.95. The molecular weight excluding hydrogens is 284 g/mol. The minimum atomic E-state index is -1.10. The molecule has 0 unspecified atom stereocenters. The molecule has 1 aromatic carbocycles. The second-order valence-corrected chi connectivity index (χ2v) is 4.71. The molecule has 0 radical (unpaired) electrons. The molecule has 0 aliphatic heterocycles. The summed E-state index contributed by atoms with van der Waals surface area (Å²) in [5.41, 5.74) is 6.89. The van der Waals surface area contributed by atoms with Gasteiger partial charge in [0.15, 0.2) is 0 Å². The van der Waals surface area contributed by atoms with Crippen LogP contribution in [-0.2, 0) is 12.8 Å². The summed E-state index contributed by atoms with van der Waals surface area (Å²) in [4.78, 5) is 26.3. The number of ether oxygens (including phenoxy) is 1. The number of benzene rings is 1. The number of carbonyl (C=O) groups excluding carboxylic acids is 1. The van der Waals surface area contributed by atoms with Gasteiger partial charge in [-0.2, -0.15) is 0 Å². The third-order valence-corrected chi connectivity index (χ3v) is 3.30. The van der Waals surface area contributed by atoms with Gasteiger partial charge in [0.2, 0.25) is 0 Å². The third-order valence-electron chi connectivity index (χ3n) is 3.30. The van der Waals surface area contributed by atoms with Gasteiger partial charge in [0.05, 0.1) is 12.7 Å². The van der Waals surface area contributed by atoms with Crippen LogP contribution in [0.25, 0.3) is 0 Å². The Morgan fingerprint density at radius 3 is 2.55 bits per heavy atom. The number of aromatic carboxylic acids is 1. The highest BCUT2D eigenvalue weighted by Gasteiger charge is 2.14. The number of amides is 1. The monoisotopic (exact) mass is 300 g/mol. The quantitative estimate of drug-likeness (QED) is 0.844. The molecular formula is C16H16N2O4. The van der Waals surface area contributed by atoms with Crippen molar-refractivity contribution in [2.75, 3.05) is 7.11 Å². The van der Waals surface area contributed by atoms with E-state index in [2.05, 4.69) is 4.98 Å². The van der Waals surface area contributed by atoms with E-state index in [0.717, 1.165) is 17.5 Å². The number of methoxy groups -OCH3 is 1. The fourth-order valence-electron chi connectivity index (χ4n) is 2.22. The average molecular weight is 300 g/mol. The van der Waals surface area contributed by atoms with E-state index in [0.29, 0.717) is 18.4 Å². The van der Waals surface area contributed by atoms with Crippen molar-refractivity contribution in [3.63, 3.8) is 0 Å². The lowest BCUT2D eigenvalue weighted by atomic mass is 10.0. The summed E-state index contributed by atoms with van der Waals surface area (Å²) in [5.74, 6) is -1.03. The summed E-state index contributed by atoms with van der Waals surface area (Å²) in [6.45, 7) is 0. The van der Waals surface area contributed by atoms with Crippen molar-refractivity contribution in [2.45, 2.75) is 12.8 Å². The molecule has 1 aromatic heterocycles. The van der Waals surface area contributed by atoms with Crippen LogP contribution >= 0.6 is 0 Å². The summed E-state index contributed by atoms with van der Waals surface area (Å²) >= 11 is 0. The van der Waals surface area contributed by atoms with Gasteiger partial charge in [-0.15, -0.1) is 0 Å². The van der Waals surface area contributed by atoms with Crippen LogP contribution in [0.15, 0.2) is 36.5 Å². The number of aryl methyl sites for hydroxylation is 2. The molecule has 2 aromatic rings. The lowest BCUT2D eigenvalue weighted by Gasteiger charge is -2.10. The van der Waals surface area contributed by atoms with Crippen LogP contribution in [0.1, 0.15) is 32.0 Å². The molecule has 0 saturated heterocycles. The Morgan fingerprint density at radius 1 is 1.23 bits per heavy atom. The molecule has 2 rings (SSSR count). The largest absolute Gasteiger partial charge is 0.496 e. The van der Waals surface area contributed by atoms with E-state index in [9.17, 15) is 9.59 Å². The number of hydrogen-bond donors (Lipinski definition) is 2. The number of carbonyl (C=O) groups is 2. The summed E-state index contributed by atoms with van der Waals surface area (Å²) in [7, 11) is 1.58. The highest BCUT2D eigenvalue weighted by atomic mass is 16.5. The van der Waals surface area contributed by atoms with Gasteiger partial charge in [0.25, 0.3) is 5.91 Å². The Hall–Kier alpha value is -2.89. The van der Waals surface area contributed by atoms with E-state index in [4.69, 9.17) is 15.6 Å². The zero-order valence-electron chi connectivity index (χ0n) is 12.1. The van der Waals surface area contributed by atoms with E-state index >= 15 is 0 Å². The zero-order valence-corrected chi connectivity index (χ0v) is 12.1. The Balaban J connectivity index is 2.29. The van der Waals surface area contributed by atoms with Crippen LogP contribution in [0.3, 0.4) is 0 Å². The first kappa shape index (κ1) is 15.5. The highest BCUT2D eigenvalue weighted by Crippen LogP contribution is 2.20. The van der Waals surface area contributed by atoms with E-state index in [1.165, 1.54) is 6.07 Å². The molecule has 1 heterocycles. The maximum absolute atomic E-state index is 11.4. The van der Waals surface area contributed by atoms with Gasteiger partial charge in [0, 0.05) is 6.20 Å². The molecule has 0 fully saturated rings. The smallest absolute Gasteiger partial charge is 0.337 e. The maximum atomic E-state index is 11.4. The zero-order chi connectivity index (χ0) is 16.1. The van der Waals surface area contributed by atoms with Gasteiger partial charge < -0.3 is 15.6 Å². The molecule has 0 aliphatic rings. The number of carboxylic acids is 1. The van der Waals surface area contributed by atoms with Crippen LogP contribution in [0.4, 0.5) is 0 Å². The van der Waals surface area contributed by atoms with Crippen molar-refractivity contribution >= 4 is 11.9 Å². The molecule has 0 atom stereocenters. The molecule has 0 spiro atoms. The maximum Gasteiger partial charge on any atom is 0.337 e. The minimum Gasteiger partial charge on any atom is -0.496 e. The van der Waals surface area contributed by atoms with Crippen molar-refractivity contribution in [3.8, 4) is 5.75 Å². The van der Waals surface area contributed by atoms with Gasteiger partial charge in [0.1, 0.15) is 11.4 Å². The normalized spacial score (nSPS) is 10.2. The standard InChI is InChI=1S/C16H16N2O4/c1-22-13-5-3-2-4-10(13)6-7-11-8-12(16(20)21)9-18-14(11)15(17)19/h2-5,8-9H,6-7H2,1H3,(H2,17,19)(H,20,21). The number of nitrogens with two attached hydrogens (primary N) is 1. The highest BCUT2D eigenvalue weighted by molar-refractivity contribution is 5.94. The summed E-state index contributed by atoms with van der Waals surface area (Å²) in [5, 5.41) is 9.03. The molecule has 0 aliphatic carbocycles. The van der Waals surface area contributed by atoms with E-state index in [1.54, 1.807) is 7.11 Å². The molecule has 6 nitrogen and oxygen atoms in total. The fourth-order valence-corrected chi connectivity index (χ4v) is 2.22. The molecule has 0 saturated carbocycles. The molecule has 3 N–H and O–H groups in total. The van der Waals surface area contributed by atoms with Crippen molar-refractivity contribution in [3.05, 3.63) is 58.9 Å². The van der Waals surface area contributed by atoms with E-state index < -0.39 is 11.9 Å². The van der Waals surface area contributed by atoms with Crippen LogP contribution in [0.5, 0.6) is 5.75 Å². The number of primary amides is 1. The Morgan fingerprint density at radius 2 is 1.91 bits per heavy atom. The number of hydrogen-bond acceptors (Lipinski definition) is 4. The first-order chi connectivity index (χ1) is 10.5. The molecule has 114 valence electrons.